The number of rotatable bonds is 7. The number of benzene rings is 4. The van der Waals surface area contributed by atoms with E-state index in [0.717, 1.165) is 27.5 Å². The molecule has 0 unspecified atom stereocenters. The maximum absolute atomic E-state index is 13.8. The third-order valence-electron chi connectivity index (χ3n) is 6.20. The summed E-state index contributed by atoms with van der Waals surface area (Å²) >= 11 is 0. The van der Waals surface area contributed by atoms with Crippen LogP contribution in [0.3, 0.4) is 0 Å². The maximum Gasteiger partial charge on any atom is 0.328 e. The summed E-state index contributed by atoms with van der Waals surface area (Å²) in [6, 6.07) is 32.5. The fraction of sp³-hybridized carbons (Fsp3) is 0.172. The molecule has 4 nitrogen and oxygen atoms in total. The van der Waals surface area contributed by atoms with Crippen molar-refractivity contribution in [3.05, 3.63) is 120 Å². The largest absolute Gasteiger partial charge is 0.467 e. The smallest absolute Gasteiger partial charge is 0.328 e. The van der Waals surface area contributed by atoms with Gasteiger partial charge in [0, 0.05) is 6.42 Å². The first-order valence-corrected chi connectivity index (χ1v) is 11.0. The normalized spacial score (nSPS) is 12.2. The highest BCUT2D eigenvalue weighted by Gasteiger charge is 2.39. The molecule has 4 heteroatoms. The predicted molar refractivity (Wildman–Crippen MR) is 131 cm³/mol. The molecule has 0 fully saturated rings. The predicted octanol–water partition coefficient (Wildman–Crippen LogP) is 5.05. The molecule has 0 aromatic heterocycles. The highest BCUT2D eigenvalue weighted by molar-refractivity contribution is 5.94. The van der Waals surface area contributed by atoms with Crippen molar-refractivity contribution in [2.75, 3.05) is 7.11 Å². The van der Waals surface area contributed by atoms with Crippen LogP contribution in [0.2, 0.25) is 0 Å². The minimum absolute atomic E-state index is 0.254. The Morgan fingerprint density at radius 1 is 0.788 bits per heavy atom. The van der Waals surface area contributed by atoms with Gasteiger partial charge in [0.15, 0.2) is 0 Å². The van der Waals surface area contributed by atoms with Gasteiger partial charge in [0.1, 0.15) is 6.04 Å². The monoisotopic (exact) mass is 437 g/mol. The molecule has 4 rings (SSSR count). The standard InChI is InChI=1S/C29H27NO3/c1-29(24-13-5-3-6-14-24,25-15-7-4-8-16-25)28(32)30-26(27(31)33-2)20-21-17-18-22-11-9-10-12-23(22)19-21/h3-19,26H,20H2,1-2H3,(H,30,32)/t26-/m1/s1. The van der Waals surface area contributed by atoms with Crippen LogP contribution >= 0.6 is 0 Å². The van der Waals surface area contributed by atoms with Crippen molar-refractivity contribution in [2.24, 2.45) is 0 Å². The van der Waals surface area contributed by atoms with Crippen LogP contribution in [0.25, 0.3) is 10.8 Å². The summed E-state index contributed by atoms with van der Waals surface area (Å²) in [6.45, 7) is 1.89. The Bertz CT molecular complexity index is 1210. The molecule has 166 valence electrons. The Morgan fingerprint density at radius 2 is 1.33 bits per heavy atom. The molecule has 1 amide bonds. The van der Waals surface area contributed by atoms with Crippen LogP contribution in [0, 0.1) is 0 Å². The molecule has 1 N–H and O–H groups in total. The van der Waals surface area contributed by atoms with E-state index in [-0.39, 0.29) is 5.91 Å². The third kappa shape index (κ3) is 4.65. The van der Waals surface area contributed by atoms with E-state index in [9.17, 15) is 9.59 Å². The van der Waals surface area contributed by atoms with Crippen LogP contribution < -0.4 is 5.32 Å². The second kappa shape index (κ2) is 9.70. The van der Waals surface area contributed by atoms with Crippen molar-refractivity contribution in [1.82, 2.24) is 5.32 Å². The molecule has 33 heavy (non-hydrogen) atoms. The lowest BCUT2D eigenvalue weighted by molar-refractivity contribution is -0.145. The zero-order valence-electron chi connectivity index (χ0n) is 18.8. The van der Waals surface area contributed by atoms with E-state index in [4.69, 9.17) is 4.74 Å². The van der Waals surface area contributed by atoms with Gasteiger partial charge in [-0.3, -0.25) is 4.79 Å². The van der Waals surface area contributed by atoms with Crippen LogP contribution in [-0.4, -0.2) is 25.0 Å². The molecule has 1 atom stereocenters. The third-order valence-corrected chi connectivity index (χ3v) is 6.20. The van der Waals surface area contributed by atoms with Gasteiger partial charge in [-0.05, 0) is 34.4 Å². The number of amides is 1. The van der Waals surface area contributed by atoms with Gasteiger partial charge in [0.05, 0.1) is 12.5 Å². The summed E-state index contributed by atoms with van der Waals surface area (Å²) in [5, 5.41) is 5.20. The van der Waals surface area contributed by atoms with Crippen LogP contribution in [0.4, 0.5) is 0 Å². The first-order valence-electron chi connectivity index (χ1n) is 11.0. The van der Waals surface area contributed by atoms with E-state index in [0.29, 0.717) is 6.42 Å². The SMILES string of the molecule is COC(=O)[C@@H](Cc1ccc2ccccc2c1)NC(=O)C(C)(c1ccccc1)c1ccccc1. The van der Waals surface area contributed by atoms with Crippen molar-refractivity contribution < 1.29 is 14.3 Å². The average molecular weight is 438 g/mol. The van der Waals surface area contributed by atoms with Gasteiger partial charge >= 0.3 is 5.97 Å². The quantitative estimate of drug-likeness (QED) is 0.412. The molecule has 0 bridgehead atoms. The summed E-state index contributed by atoms with van der Waals surface area (Å²) in [4.78, 5) is 26.5. The minimum Gasteiger partial charge on any atom is -0.467 e. The molecular weight excluding hydrogens is 410 g/mol. The summed E-state index contributed by atoms with van der Waals surface area (Å²) in [5.41, 5.74) is 1.68. The zero-order valence-corrected chi connectivity index (χ0v) is 18.8. The number of ether oxygens (including phenoxy) is 1. The van der Waals surface area contributed by atoms with Gasteiger partial charge < -0.3 is 10.1 Å². The molecule has 0 saturated carbocycles. The Balaban J connectivity index is 1.66. The number of carbonyl (C=O) groups excluding carboxylic acids is 2. The van der Waals surface area contributed by atoms with Crippen LogP contribution in [-0.2, 0) is 26.2 Å². The lowest BCUT2D eigenvalue weighted by Crippen LogP contribution is -2.51. The number of fused-ring (bicyclic) bond motifs is 1. The second-order valence-electron chi connectivity index (χ2n) is 8.29. The van der Waals surface area contributed by atoms with Crippen molar-refractivity contribution in [3.63, 3.8) is 0 Å². The van der Waals surface area contributed by atoms with Crippen LogP contribution in [0.1, 0.15) is 23.6 Å². The topological polar surface area (TPSA) is 55.4 Å². The molecule has 4 aromatic rings. The van der Waals surface area contributed by atoms with Gasteiger partial charge in [-0.2, -0.15) is 0 Å². The van der Waals surface area contributed by atoms with Crippen molar-refractivity contribution in [1.29, 1.82) is 0 Å². The van der Waals surface area contributed by atoms with Crippen LogP contribution in [0.5, 0.6) is 0 Å². The van der Waals surface area contributed by atoms with Gasteiger partial charge in [-0.15, -0.1) is 0 Å². The van der Waals surface area contributed by atoms with Gasteiger partial charge in [0.2, 0.25) is 5.91 Å². The fourth-order valence-corrected chi connectivity index (χ4v) is 4.21. The molecular formula is C29H27NO3. The van der Waals surface area contributed by atoms with Crippen molar-refractivity contribution in [3.8, 4) is 0 Å². The van der Waals surface area contributed by atoms with E-state index in [1.54, 1.807) is 0 Å². The zero-order chi connectivity index (χ0) is 23.3. The number of nitrogens with one attached hydrogen (secondary N) is 1. The van der Waals surface area contributed by atoms with Crippen LogP contribution in [0.15, 0.2) is 103 Å². The minimum atomic E-state index is -0.974. The highest BCUT2D eigenvalue weighted by atomic mass is 16.5. The first kappa shape index (κ1) is 22.3. The van der Waals surface area contributed by atoms with E-state index in [2.05, 4.69) is 5.32 Å². The van der Waals surface area contributed by atoms with Gasteiger partial charge in [0.25, 0.3) is 0 Å². The van der Waals surface area contributed by atoms with E-state index in [1.807, 2.05) is 110 Å². The summed E-state index contributed by atoms with van der Waals surface area (Å²) in [5.74, 6) is -0.726. The summed E-state index contributed by atoms with van der Waals surface area (Å²) in [6.07, 6.45) is 0.336. The Hall–Kier alpha value is -3.92. The van der Waals surface area contributed by atoms with Crippen molar-refractivity contribution >= 4 is 22.6 Å². The lowest BCUT2D eigenvalue weighted by atomic mass is 9.75. The molecule has 0 radical (unpaired) electrons. The first-order chi connectivity index (χ1) is 16.0. The number of hydrogen-bond donors (Lipinski definition) is 1. The number of esters is 1. The maximum atomic E-state index is 13.8. The molecule has 0 spiro atoms. The van der Waals surface area contributed by atoms with Crippen molar-refractivity contribution in [2.45, 2.75) is 24.8 Å². The van der Waals surface area contributed by atoms with E-state index >= 15 is 0 Å². The second-order valence-corrected chi connectivity index (χ2v) is 8.29. The molecule has 4 aromatic carbocycles. The summed E-state index contributed by atoms with van der Waals surface area (Å²) in [7, 11) is 1.34. The molecule has 0 heterocycles. The number of carbonyl (C=O) groups is 2. The summed E-state index contributed by atoms with van der Waals surface area (Å²) < 4.78 is 5.04. The molecule has 0 aliphatic rings. The van der Waals surface area contributed by atoms with E-state index in [1.165, 1.54) is 7.11 Å². The lowest BCUT2D eigenvalue weighted by Gasteiger charge is -2.31. The molecule has 0 saturated heterocycles. The highest BCUT2D eigenvalue weighted by Crippen LogP contribution is 2.32. The van der Waals surface area contributed by atoms with Gasteiger partial charge in [-0.1, -0.05) is 103 Å². The Morgan fingerprint density at radius 3 is 1.91 bits per heavy atom. The number of methoxy groups -OCH3 is 1. The Labute approximate surface area is 194 Å². The molecule has 0 aliphatic carbocycles. The van der Waals surface area contributed by atoms with Gasteiger partial charge in [-0.25, -0.2) is 4.79 Å². The average Bonchev–Trinajstić information content (AvgIpc) is 2.88. The van der Waals surface area contributed by atoms with E-state index < -0.39 is 17.4 Å². The fourth-order valence-electron chi connectivity index (χ4n) is 4.21. The molecule has 0 aliphatic heterocycles. The Kier molecular flexibility index (Phi) is 6.55. The number of hydrogen-bond acceptors (Lipinski definition) is 3.